The van der Waals surface area contributed by atoms with Crippen molar-refractivity contribution in [3.8, 4) is 0 Å². The van der Waals surface area contributed by atoms with Gasteiger partial charge in [0.15, 0.2) is 0 Å². The summed E-state index contributed by atoms with van der Waals surface area (Å²) in [5.41, 5.74) is -0.171. The Morgan fingerprint density at radius 1 is 1.00 bits per heavy atom. The number of nitrogens with one attached hydrogen (secondary N) is 1. The molecule has 0 bridgehead atoms. The zero-order valence-corrected chi connectivity index (χ0v) is 12.4. The van der Waals surface area contributed by atoms with Crippen molar-refractivity contribution in [1.82, 2.24) is 5.32 Å². The van der Waals surface area contributed by atoms with E-state index in [9.17, 15) is 4.79 Å². The molecule has 3 nitrogen and oxygen atoms in total. The monoisotopic (exact) mass is 243 g/mol. The number of ether oxygens (including phenoxy) is 1. The lowest BCUT2D eigenvalue weighted by Crippen LogP contribution is -2.36. The Bertz CT molecular complexity index is 223. The number of unbranched alkanes of at least 4 members (excludes halogenated alkanes) is 2. The van der Waals surface area contributed by atoms with Crippen LogP contribution in [0.4, 0.5) is 0 Å². The molecule has 0 atom stereocenters. The molecule has 102 valence electrons. The van der Waals surface area contributed by atoms with Crippen LogP contribution in [0.2, 0.25) is 0 Å². The van der Waals surface area contributed by atoms with E-state index in [1.807, 2.05) is 20.8 Å². The topological polar surface area (TPSA) is 38.3 Å². The Balaban J connectivity index is 3.44. The predicted octanol–water partition coefficient (Wildman–Crippen LogP) is 3.28. The zero-order chi connectivity index (χ0) is 13.5. The van der Waals surface area contributed by atoms with Gasteiger partial charge in [0.05, 0.1) is 0 Å². The summed E-state index contributed by atoms with van der Waals surface area (Å²) in [6.07, 6.45) is 3.63. The highest BCUT2D eigenvalue weighted by molar-refractivity contribution is 5.69. The van der Waals surface area contributed by atoms with Crippen LogP contribution in [-0.4, -0.2) is 23.7 Å². The van der Waals surface area contributed by atoms with Gasteiger partial charge in [-0.3, -0.25) is 4.79 Å². The summed E-state index contributed by atoms with van der Waals surface area (Å²) < 4.78 is 5.24. The van der Waals surface area contributed by atoms with Crippen molar-refractivity contribution in [3.63, 3.8) is 0 Å². The number of rotatable bonds is 6. The molecule has 0 spiro atoms. The van der Waals surface area contributed by atoms with Crippen LogP contribution in [-0.2, 0) is 9.53 Å². The Kier molecular flexibility index (Phi) is 6.76. The normalized spacial score (nSPS) is 12.6. The molecule has 0 heterocycles. The average molecular weight is 243 g/mol. The van der Waals surface area contributed by atoms with E-state index in [0.717, 1.165) is 25.8 Å². The largest absolute Gasteiger partial charge is 0.460 e. The van der Waals surface area contributed by atoms with Crippen LogP contribution in [0.5, 0.6) is 0 Å². The van der Waals surface area contributed by atoms with Gasteiger partial charge in [0, 0.05) is 12.0 Å². The molecule has 0 aromatic rings. The quantitative estimate of drug-likeness (QED) is 0.575. The highest BCUT2D eigenvalue weighted by Gasteiger charge is 2.15. The molecule has 0 rings (SSSR count). The Morgan fingerprint density at radius 2 is 1.59 bits per heavy atom. The molecule has 0 aliphatic heterocycles. The molecular weight excluding hydrogens is 214 g/mol. The van der Waals surface area contributed by atoms with Gasteiger partial charge in [-0.25, -0.2) is 0 Å². The highest BCUT2D eigenvalue weighted by Crippen LogP contribution is 2.10. The van der Waals surface area contributed by atoms with Gasteiger partial charge >= 0.3 is 5.97 Å². The van der Waals surface area contributed by atoms with Gasteiger partial charge in [0.2, 0.25) is 0 Å². The summed E-state index contributed by atoms with van der Waals surface area (Å²) in [7, 11) is 0. The van der Waals surface area contributed by atoms with E-state index in [-0.39, 0.29) is 17.1 Å². The molecule has 1 N–H and O–H groups in total. The minimum atomic E-state index is -0.356. The number of carbonyl (C=O) groups excluding carboxylic acids is 1. The standard InChI is InChI=1S/C14H29NO2/c1-13(2,3)15-11-9-7-8-10-12(16)17-14(4,5)6/h15H,7-11H2,1-6H3. The minimum absolute atomic E-state index is 0.0821. The molecule has 17 heavy (non-hydrogen) atoms. The first-order chi connectivity index (χ1) is 7.60. The summed E-state index contributed by atoms with van der Waals surface area (Å²) in [5, 5.41) is 3.43. The van der Waals surface area contributed by atoms with E-state index in [0.29, 0.717) is 6.42 Å². The van der Waals surface area contributed by atoms with E-state index >= 15 is 0 Å². The molecule has 0 radical (unpaired) electrons. The molecule has 0 fully saturated rings. The molecule has 0 amide bonds. The first kappa shape index (κ1) is 16.4. The van der Waals surface area contributed by atoms with Crippen LogP contribution < -0.4 is 5.32 Å². The highest BCUT2D eigenvalue weighted by atomic mass is 16.6. The lowest BCUT2D eigenvalue weighted by Gasteiger charge is -2.20. The average Bonchev–Trinajstić information content (AvgIpc) is 2.06. The van der Waals surface area contributed by atoms with E-state index in [1.54, 1.807) is 0 Å². The molecular formula is C14H29NO2. The van der Waals surface area contributed by atoms with E-state index in [1.165, 1.54) is 0 Å². The number of hydrogen-bond acceptors (Lipinski definition) is 3. The van der Waals surface area contributed by atoms with E-state index < -0.39 is 0 Å². The van der Waals surface area contributed by atoms with Crippen LogP contribution in [0, 0.1) is 0 Å². The zero-order valence-electron chi connectivity index (χ0n) is 12.4. The summed E-state index contributed by atoms with van der Waals surface area (Å²) in [4.78, 5) is 11.4. The van der Waals surface area contributed by atoms with Gasteiger partial charge in [-0.15, -0.1) is 0 Å². The maximum Gasteiger partial charge on any atom is 0.306 e. The van der Waals surface area contributed by atoms with Gasteiger partial charge in [0.25, 0.3) is 0 Å². The second-order valence-corrected chi connectivity index (χ2v) is 6.57. The van der Waals surface area contributed by atoms with Crippen LogP contribution in [0.15, 0.2) is 0 Å². The smallest absolute Gasteiger partial charge is 0.306 e. The van der Waals surface area contributed by atoms with Crippen molar-refractivity contribution >= 4 is 5.97 Å². The van der Waals surface area contributed by atoms with Crippen molar-refractivity contribution < 1.29 is 9.53 Å². The molecule has 3 heteroatoms. The summed E-state index contributed by atoms with van der Waals surface area (Å²) >= 11 is 0. The fraction of sp³-hybridized carbons (Fsp3) is 0.929. The second kappa shape index (κ2) is 7.00. The van der Waals surface area contributed by atoms with Gasteiger partial charge in [0.1, 0.15) is 5.60 Å². The third-order valence-corrected chi connectivity index (χ3v) is 2.13. The fourth-order valence-corrected chi connectivity index (χ4v) is 1.43. The number of esters is 1. The third kappa shape index (κ3) is 13.4. The van der Waals surface area contributed by atoms with Gasteiger partial charge in [-0.05, 0) is 60.9 Å². The van der Waals surface area contributed by atoms with E-state index in [4.69, 9.17) is 4.74 Å². The molecule has 0 aliphatic carbocycles. The predicted molar refractivity (Wildman–Crippen MR) is 72.1 cm³/mol. The summed E-state index contributed by atoms with van der Waals surface area (Å²) in [6, 6.07) is 0. The second-order valence-electron chi connectivity index (χ2n) is 6.57. The maximum absolute atomic E-state index is 11.4. The molecule has 0 unspecified atom stereocenters. The van der Waals surface area contributed by atoms with Crippen LogP contribution in [0.25, 0.3) is 0 Å². The Labute approximate surface area is 106 Å². The van der Waals surface area contributed by atoms with Crippen molar-refractivity contribution in [2.45, 2.75) is 78.4 Å². The Morgan fingerprint density at radius 3 is 2.06 bits per heavy atom. The number of carbonyl (C=O) groups is 1. The summed E-state index contributed by atoms with van der Waals surface area (Å²) in [5.74, 6) is -0.0821. The molecule has 0 aliphatic rings. The lowest BCUT2D eigenvalue weighted by atomic mass is 10.1. The molecule has 0 aromatic heterocycles. The van der Waals surface area contributed by atoms with Gasteiger partial charge in [-0.1, -0.05) is 6.42 Å². The van der Waals surface area contributed by atoms with E-state index in [2.05, 4.69) is 26.1 Å². The number of hydrogen-bond donors (Lipinski definition) is 1. The fourth-order valence-electron chi connectivity index (χ4n) is 1.43. The van der Waals surface area contributed by atoms with Crippen molar-refractivity contribution in [3.05, 3.63) is 0 Å². The SMILES string of the molecule is CC(C)(C)NCCCCCC(=O)OC(C)(C)C. The Hall–Kier alpha value is -0.570. The molecule has 0 saturated heterocycles. The van der Waals surface area contributed by atoms with Crippen LogP contribution >= 0.6 is 0 Å². The lowest BCUT2D eigenvalue weighted by molar-refractivity contribution is -0.154. The van der Waals surface area contributed by atoms with Gasteiger partial charge in [-0.2, -0.15) is 0 Å². The van der Waals surface area contributed by atoms with Crippen LogP contribution in [0.3, 0.4) is 0 Å². The molecule has 0 aromatic carbocycles. The van der Waals surface area contributed by atoms with Crippen LogP contribution in [0.1, 0.15) is 67.2 Å². The first-order valence-corrected chi connectivity index (χ1v) is 6.57. The summed E-state index contributed by atoms with van der Waals surface area (Å²) in [6.45, 7) is 13.2. The minimum Gasteiger partial charge on any atom is -0.460 e. The third-order valence-electron chi connectivity index (χ3n) is 2.13. The van der Waals surface area contributed by atoms with Crippen molar-refractivity contribution in [2.24, 2.45) is 0 Å². The van der Waals surface area contributed by atoms with Gasteiger partial charge < -0.3 is 10.1 Å². The first-order valence-electron chi connectivity index (χ1n) is 6.57. The molecule has 0 saturated carbocycles. The maximum atomic E-state index is 11.4. The van der Waals surface area contributed by atoms with Crippen molar-refractivity contribution in [1.29, 1.82) is 0 Å². The van der Waals surface area contributed by atoms with Crippen molar-refractivity contribution in [2.75, 3.05) is 6.54 Å².